The number of hydrogen-bond acceptors (Lipinski definition) is 2. The summed E-state index contributed by atoms with van der Waals surface area (Å²) in [5.74, 6) is -0.210. The van der Waals surface area contributed by atoms with Gasteiger partial charge in [0, 0.05) is 19.8 Å². The molecule has 2 aromatic carbocycles. The number of aryl methyl sites for hydroxylation is 1. The quantitative estimate of drug-likeness (QED) is 0.731. The zero-order chi connectivity index (χ0) is 16.1. The van der Waals surface area contributed by atoms with E-state index in [-0.39, 0.29) is 5.82 Å². The average molecular weight is 320 g/mol. The van der Waals surface area contributed by atoms with E-state index in [1.807, 2.05) is 31.2 Å². The largest absolute Gasteiger partial charge is 0.380 e. The number of rotatable bonds is 6. The Bertz CT molecular complexity index is 629. The Morgan fingerprint density at radius 3 is 2.05 bits per heavy atom. The van der Waals surface area contributed by atoms with Gasteiger partial charge in [0.25, 0.3) is 0 Å². The standard InChI is InChI=1S/C18H22FO2P/c1-12-6-14(9-20-2)18(15(7-12)10-21-3)16-5-4-13(11-22)8-17(16)19/h4-8H,9-11,22H2,1-3H3. The molecule has 0 fully saturated rings. The average Bonchev–Trinajstić information content (AvgIpc) is 2.48. The van der Waals surface area contributed by atoms with E-state index < -0.39 is 0 Å². The van der Waals surface area contributed by atoms with Gasteiger partial charge in [0.05, 0.1) is 13.2 Å². The third-order valence-corrected chi connectivity index (χ3v) is 4.06. The van der Waals surface area contributed by atoms with Crippen LogP contribution in [0.25, 0.3) is 11.1 Å². The second-order valence-electron chi connectivity index (χ2n) is 5.34. The van der Waals surface area contributed by atoms with Crippen LogP contribution < -0.4 is 0 Å². The minimum atomic E-state index is -0.210. The van der Waals surface area contributed by atoms with Crippen molar-refractivity contribution in [1.82, 2.24) is 0 Å². The summed E-state index contributed by atoms with van der Waals surface area (Å²) in [5.41, 5.74) is 5.51. The number of methoxy groups -OCH3 is 2. The van der Waals surface area contributed by atoms with Crippen LogP contribution in [0.3, 0.4) is 0 Å². The van der Waals surface area contributed by atoms with Gasteiger partial charge in [0.15, 0.2) is 0 Å². The summed E-state index contributed by atoms with van der Waals surface area (Å²) in [6.07, 6.45) is 0.737. The van der Waals surface area contributed by atoms with Crippen LogP contribution in [0.1, 0.15) is 22.3 Å². The SMILES string of the molecule is COCc1cc(C)cc(COC)c1-c1ccc(CP)cc1F. The zero-order valence-electron chi connectivity index (χ0n) is 13.3. The molecule has 0 spiro atoms. The summed E-state index contributed by atoms with van der Waals surface area (Å²) in [7, 11) is 5.91. The van der Waals surface area contributed by atoms with Gasteiger partial charge < -0.3 is 9.47 Å². The lowest BCUT2D eigenvalue weighted by molar-refractivity contribution is 0.180. The zero-order valence-corrected chi connectivity index (χ0v) is 14.4. The first-order valence-electron chi connectivity index (χ1n) is 7.19. The van der Waals surface area contributed by atoms with Crippen molar-refractivity contribution in [3.8, 4) is 11.1 Å². The second kappa shape index (κ2) is 7.82. The van der Waals surface area contributed by atoms with Gasteiger partial charge in [-0.2, -0.15) is 0 Å². The van der Waals surface area contributed by atoms with Gasteiger partial charge >= 0.3 is 0 Å². The minimum absolute atomic E-state index is 0.210. The highest BCUT2D eigenvalue weighted by atomic mass is 31.0. The maximum Gasteiger partial charge on any atom is 0.131 e. The van der Waals surface area contributed by atoms with Crippen molar-refractivity contribution in [3.63, 3.8) is 0 Å². The highest BCUT2D eigenvalue weighted by molar-refractivity contribution is 7.15. The van der Waals surface area contributed by atoms with Gasteiger partial charge in [-0.15, -0.1) is 9.24 Å². The first-order valence-corrected chi connectivity index (χ1v) is 8.01. The molecular formula is C18H22FO2P. The molecule has 0 aromatic heterocycles. The van der Waals surface area contributed by atoms with Crippen LogP contribution >= 0.6 is 9.24 Å². The Kier molecular flexibility index (Phi) is 6.07. The molecule has 1 atom stereocenters. The molecule has 2 nitrogen and oxygen atoms in total. The summed E-state index contributed by atoms with van der Waals surface area (Å²) >= 11 is 0. The molecule has 0 radical (unpaired) electrons. The Balaban J connectivity index is 2.65. The normalized spacial score (nSPS) is 11.0. The van der Waals surface area contributed by atoms with E-state index in [1.54, 1.807) is 20.3 Å². The number of benzene rings is 2. The highest BCUT2D eigenvalue weighted by Gasteiger charge is 2.16. The van der Waals surface area contributed by atoms with Crippen molar-refractivity contribution in [2.24, 2.45) is 0 Å². The van der Waals surface area contributed by atoms with Crippen LogP contribution in [0.2, 0.25) is 0 Å². The van der Waals surface area contributed by atoms with Gasteiger partial charge in [0.2, 0.25) is 0 Å². The predicted molar refractivity (Wildman–Crippen MR) is 91.4 cm³/mol. The summed E-state index contributed by atoms with van der Waals surface area (Å²) in [5, 5.41) is 0. The molecule has 118 valence electrons. The fourth-order valence-electron chi connectivity index (χ4n) is 2.71. The predicted octanol–water partition coefficient (Wildman–Crippen LogP) is 4.47. The van der Waals surface area contributed by atoms with Gasteiger partial charge in [0.1, 0.15) is 5.82 Å². The minimum Gasteiger partial charge on any atom is -0.380 e. The Morgan fingerprint density at radius 2 is 1.59 bits per heavy atom. The van der Waals surface area contributed by atoms with Crippen LogP contribution in [0.4, 0.5) is 4.39 Å². The third-order valence-electron chi connectivity index (χ3n) is 3.58. The molecule has 0 heterocycles. The van der Waals surface area contributed by atoms with E-state index in [0.29, 0.717) is 18.8 Å². The number of ether oxygens (including phenoxy) is 2. The third kappa shape index (κ3) is 3.73. The van der Waals surface area contributed by atoms with E-state index in [9.17, 15) is 4.39 Å². The van der Waals surface area contributed by atoms with Crippen molar-refractivity contribution >= 4 is 9.24 Å². The van der Waals surface area contributed by atoms with E-state index in [1.165, 1.54) is 0 Å². The first kappa shape index (κ1) is 17.1. The lowest BCUT2D eigenvalue weighted by Crippen LogP contribution is -2.02. The lowest BCUT2D eigenvalue weighted by atomic mass is 9.92. The van der Waals surface area contributed by atoms with Crippen LogP contribution in [0.5, 0.6) is 0 Å². The fourth-order valence-corrected chi connectivity index (χ4v) is 2.97. The van der Waals surface area contributed by atoms with E-state index in [2.05, 4.69) is 9.24 Å². The van der Waals surface area contributed by atoms with Gasteiger partial charge in [-0.1, -0.05) is 29.8 Å². The fraction of sp³-hybridized carbons (Fsp3) is 0.333. The molecule has 2 rings (SSSR count). The topological polar surface area (TPSA) is 18.5 Å². The molecule has 0 bridgehead atoms. The lowest BCUT2D eigenvalue weighted by Gasteiger charge is -2.17. The second-order valence-corrected chi connectivity index (χ2v) is 5.75. The van der Waals surface area contributed by atoms with Crippen LogP contribution in [0.15, 0.2) is 30.3 Å². The molecule has 0 saturated heterocycles. The Morgan fingerprint density at radius 1 is 1.00 bits per heavy atom. The smallest absolute Gasteiger partial charge is 0.131 e. The van der Waals surface area contributed by atoms with Crippen molar-refractivity contribution in [1.29, 1.82) is 0 Å². The summed E-state index contributed by atoms with van der Waals surface area (Å²) in [6.45, 7) is 2.91. The number of hydrogen-bond donors (Lipinski definition) is 0. The molecule has 2 aromatic rings. The van der Waals surface area contributed by atoms with Crippen molar-refractivity contribution in [2.75, 3.05) is 14.2 Å². The molecule has 1 unspecified atom stereocenters. The molecule has 0 amide bonds. The van der Waals surface area contributed by atoms with E-state index in [0.717, 1.165) is 34.0 Å². The Hall–Kier alpha value is -1.28. The molecular weight excluding hydrogens is 298 g/mol. The molecule has 22 heavy (non-hydrogen) atoms. The highest BCUT2D eigenvalue weighted by Crippen LogP contribution is 2.33. The summed E-state index contributed by atoms with van der Waals surface area (Å²) < 4.78 is 25.2. The molecule has 0 aliphatic heterocycles. The van der Waals surface area contributed by atoms with Crippen molar-refractivity contribution < 1.29 is 13.9 Å². The Labute approximate surface area is 133 Å². The van der Waals surface area contributed by atoms with Gasteiger partial charge in [-0.05, 0) is 41.4 Å². The molecule has 0 aliphatic rings. The van der Waals surface area contributed by atoms with Crippen LogP contribution in [-0.2, 0) is 28.8 Å². The van der Waals surface area contributed by atoms with Gasteiger partial charge in [-0.3, -0.25) is 0 Å². The van der Waals surface area contributed by atoms with E-state index >= 15 is 0 Å². The summed E-state index contributed by atoms with van der Waals surface area (Å²) in [4.78, 5) is 0. The summed E-state index contributed by atoms with van der Waals surface area (Å²) in [6, 6.07) is 9.48. The van der Waals surface area contributed by atoms with Crippen LogP contribution in [0, 0.1) is 12.7 Å². The maximum absolute atomic E-state index is 14.6. The molecule has 4 heteroatoms. The monoisotopic (exact) mass is 320 g/mol. The van der Waals surface area contributed by atoms with Gasteiger partial charge in [-0.25, -0.2) is 4.39 Å². The first-order chi connectivity index (χ1) is 10.6. The molecule has 0 N–H and O–H groups in total. The van der Waals surface area contributed by atoms with Crippen molar-refractivity contribution in [2.45, 2.75) is 26.3 Å². The molecule has 0 aliphatic carbocycles. The van der Waals surface area contributed by atoms with E-state index in [4.69, 9.17) is 9.47 Å². The van der Waals surface area contributed by atoms with Crippen molar-refractivity contribution in [3.05, 3.63) is 58.4 Å². The van der Waals surface area contributed by atoms with Crippen LogP contribution in [-0.4, -0.2) is 14.2 Å². The maximum atomic E-state index is 14.6. The molecule has 0 saturated carbocycles. The number of halogens is 1.